The highest BCUT2D eigenvalue weighted by atomic mass is 127. The van der Waals surface area contributed by atoms with E-state index in [4.69, 9.17) is 11.5 Å². The van der Waals surface area contributed by atoms with Gasteiger partial charge in [0.05, 0.1) is 12.8 Å². The molecule has 0 spiro atoms. The predicted molar refractivity (Wildman–Crippen MR) is 112 cm³/mol. The molecule has 2 nitrogen and oxygen atoms in total. The van der Waals surface area contributed by atoms with Crippen molar-refractivity contribution in [3.63, 3.8) is 0 Å². The van der Waals surface area contributed by atoms with Gasteiger partial charge in [0.1, 0.15) is 0 Å². The molecule has 0 aliphatic rings. The maximum absolute atomic E-state index is 6.11. The van der Waals surface area contributed by atoms with Crippen molar-refractivity contribution in [1.29, 1.82) is 0 Å². The average Bonchev–Trinajstić information content (AvgIpc) is 2.36. The van der Waals surface area contributed by atoms with Crippen LogP contribution in [0.15, 0.2) is 24.3 Å². The van der Waals surface area contributed by atoms with Gasteiger partial charge < -0.3 is 11.5 Å². The Bertz CT molecular complexity index is 579. The Morgan fingerprint density at radius 2 is 1.11 bits per heavy atom. The summed E-state index contributed by atoms with van der Waals surface area (Å²) in [6.07, 6.45) is 0. The first-order chi connectivity index (χ1) is 8.43. The van der Waals surface area contributed by atoms with Crippen LogP contribution < -0.4 is 11.5 Å². The molecule has 94 valence electrons. The highest BCUT2D eigenvalue weighted by molar-refractivity contribution is 14.1. The molecule has 0 heterocycles. The number of halogens is 4. The largest absolute Gasteiger partial charge is 0.399 e. The van der Waals surface area contributed by atoms with Crippen molar-refractivity contribution in [2.75, 3.05) is 11.5 Å². The minimum Gasteiger partial charge on any atom is -0.399 e. The number of nitrogens with two attached hydrogens (primary N) is 2. The summed E-state index contributed by atoms with van der Waals surface area (Å²) in [7, 11) is 0. The number of nitrogen functional groups attached to an aromatic ring is 2. The molecule has 0 aliphatic heterocycles. The molecular weight excluding hydrogens is 680 g/mol. The third-order valence-electron chi connectivity index (χ3n) is 2.50. The number of anilines is 2. The molecule has 0 saturated carbocycles. The second kappa shape index (κ2) is 6.16. The van der Waals surface area contributed by atoms with E-state index < -0.39 is 0 Å². The van der Waals surface area contributed by atoms with E-state index >= 15 is 0 Å². The summed E-state index contributed by atoms with van der Waals surface area (Å²) in [4.78, 5) is 0. The summed E-state index contributed by atoms with van der Waals surface area (Å²) in [5.74, 6) is 0. The zero-order chi connectivity index (χ0) is 13.4. The summed E-state index contributed by atoms with van der Waals surface area (Å²) in [5, 5.41) is 0. The fourth-order valence-corrected chi connectivity index (χ4v) is 5.41. The lowest BCUT2D eigenvalue weighted by Crippen LogP contribution is -2.02. The normalized spacial score (nSPS) is 10.7. The topological polar surface area (TPSA) is 52.0 Å². The monoisotopic (exact) mass is 688 g/mol. The van der Waals surface area contributed by atoms with Crippen LogP contribution in [0.1, 0.15) is 0 Å². The van der Waals surface area contributed by atoms with Crippen molar-refractivity contribution < 1.29 is 0 Å². The third-order valence-corrected chi connectivity index (χ3v) is 8.96. The van der Waals surface area contributed by atoms with Gasteiger partial charge in [-0.05, 0) is 108 Å². The number of hydrogen-bond donors (Lipinski definition) is 2. The lowest BCUT2D eigenvalue weighted by Gasteiger charge is -2.14. The van der Waals surface area contributed by atoms with Gasteiger partial charge in [0.25, 0.3) is 0 Å². The molecule has 2 aromatic carbocycles. The van der Waals surface area contributed by atoms with E-state index in [9.17, 15) is 0 Å². The van der Waals surface area contributed by atoms with E-state index in [1.54, 1.807) is 0 Å². The Morgan fingerprint density at radius 3 is 1.56 bits per heavy atom. The molecule has 0 aliphatic carbocycles. The second-order valence-electron chi connectivity index (χ2n) is 3.67. The number of hydrogen-bond acceptors (Lipinski definition) is 2. The number of benzene rings is 2. The van der Waals surface area contributed by atoms with Crippen molar-refractivity contribution in [1.82, 2.24) is 0 Å². The molecule has 0 unspecified atom stereocenters. The maximum atomic E-state index is 6.11. The van der Waals surface area contributed by atoms with Crippen LogP contribution in [0.25, 0.3) is 11.1 Å². The Labute approximate surface area is 160 Å². The Hall–Kier alpha value is 0.960. The van der Waals surface area contributed by atoms with E-state index in [2.05, 4.69) is 102 Å². The van der Waals surface area contributed by atoms with Crippen molar-refractivity contribution in [3.8, 4) is 11.1 Å². The first-order valence-electron chi connectivity index (χ1n) is 4.90. The van der Waals surface area contributed by atoms with Crippen LogP contribution in [-0.4, -0.2) is 0 Å². The Balaban J connectivity index is 2.75. The fourth-order valence-electron chi connectivity index (χ4n) is 1.55. The van der Waals surface area contributed by atoms with Crippen molar-refractivity contribution in [2.45, 2.75) is 0 Å². The van der Waals surface area contributed by atoms with Gasteiger partial charge >= 0.3 is 0 Å². The lowest BCUT2D eigenvalue weighted by atomic mass is 10.1. The van der Waals surface area contributed by atoms with Crippen LogP contribution in [0.5, 0.6) is 0 Å². The van der Waals surface area contributed by atoms with Gasteiger partial charge in [-0.3, -0.25) is 0 Å². The maximum Gasteiger partial charge on any atom is 0.0607 e. The third kappa shape index (κ3) is 2.85. The number of rotatable bonds is 1. The molecule has 4 N–H and O–H groups in total. The Morgan fingerprint density at radius 1 is 0.667 bits per heavy atom. The van der Waals surface area contributed by atoms with Crippen molar-refractivity contribution >= 4 is 102 Å². The van der Waals surface area contributed by atoms with Crippen molar-refractivity contribution in [2.24, 2.45) is 0 Å². The van der Waals surface area contributed by atoms with E-state index in [-0.39, 0.29) is 0 Å². The molecule has 2 rings (SSSR count). The van der Waals surface area contributed by atoms with Crippen LogP contribution in [0.4, 0.5) is 11.4 Å². The van der Waals surface area contributed by atoms with Gasteiger partial charge in [-0.25, -0.2) is 0 Å². The molecule has 0 fully saturated rings. The highest BCUT2D eigenvalue weighted by Gasteiger charge is 2.18. The molecule has 2 aromatic rings. The van der Waals surface area contributed by atoms with Gasteiger partial charge in [0.15, 0.2) is 0 Å². The molecule has 0 aromatic heterocycles. The highest BCUT2D eigenvalue weighted by Crippen LogP contribution is 2.39. The summed E-state index contributed by atoms with van der Waals surface area (Å²) in [6, 6.07) is 7.96. The minimum absolute atomic E-state index is 0.781. The summed E-state index contributed by atoms with van der Waals surface area (Å²) in [6.45, 7) is 0. The SMILES string of the molecule is Nc1ccc(-c2c(I)c(I)c(N)c(I)c2I)cc1. The van der Waals surface area contributed by atoms with Crippen LogP contribution in [-0.2, 0) is 0 Å². The standard InChI is InChI=1S/C12H8I4N2/c13-8-7(5-1-3-6(17)4-2-5)9(14)11(16)12(18)10(8)15/h1-4H,17-18H2. The quantitative estimate of drug-likeness (QED) is 0.254. The van der Waals surface area contributed by atoms with Crippen LogP contribution in [0.3, 0.4) is 0 Å². The van der Waals surface area contributed by atoms with Crippen molar-refractivity contribution in [3.05, 3.63) is 38.5 Å². The summed E-state index contributed by atoms with van der Waals surface area (Å²) < 4.78 is 4.62. The first-order valence-corrected chi connectivity index (χ1v) is 9.22. The van der Waals surface area contributed by atoms with Gasteiger partial charge in [-0.15, -0.1) is 0 Å². The molecule has 18 heavy (non-hydrogen) atoms. The molecule has 0 atom stereocenters. The van der Waals surface area contributed by atoms with E-state index in [1.807, 2.05) is 12.1 Å². The average molecular weight is 688 g/mol. The van der Waals surface area contributed by atoms with Crippen LogP contribution in [0, 0.1) is 14.3 Å². The van der Waals surface area contributed by atoms with Crippen LogP contribution >= 0.6 is 90.4 Å². The summed E-state index contributed by atoms with van der Waals surface area (Å²) in [5.41, 5.74) is 15.9. The van der Waals surface area contributed by atoms with Gasteiger partial charge in [0, 0.05) is 18.4 Å². The molecule has 6 heteroatoms. The summed E-state index contributed by atoms with van der Waals surface area (Å²) >= 11 is 9.33. The molecular formula is C12H8I4N2. The van der Waals surface area contributed by atoms with E-state index in [0.29, 0.717) is 0 Å². The smallest absolute Gasteiger partial charge is 0.0607 e. The molecule has 0 amide bonds. The fraction of sp³-hybridized carbons (Fsp3) is 0. The first kappa shape index (κ1) is 15.4. The van der Waals surface area contributed by atoms with E-state index in [0.717, 1.165) is 18.5 Å². The van der Waals surface area contributed by atoms with Gasteiger partial charge in [-0.1, -0.05) is 12.1 Å². The zero-order valence-corrected chi connectivity index (χ0v) is 17.6. The zero-order valence-electron chi connectivity index (χ0n) is 8.98. The van der Waals surface area contributed by atoms with E-state index in [1.165, 1.54) is 18.3 Å². The lowest BCUT2D eigenvalue weighted by molar-refractivity contribution is 1.47. The predicted octanol–water partition coefficient (Wildman–Crippen LogP) is 4.94. The molecule has 0 saturated heterocycles. The van der Waals surface area contributed by atoms with Gasteiger partial charge in [-0.2, -0.15) is 0 Å². The second-order valence-corrected chi connectivity index (χ2v) is 7.98. The minimum atomic E-state index is 0.781. The molecule has 0 bridgehead atoms. The van der Waals surface area contributed by atoms with Crippen LogP contribution in [0.2, 0.25) is 0 Å². The molecule has 0 radical (unpaired) electrons. The Kier molecular flexibility index (Phi) is 5.25. The van der Waals surface area contributed by atoms with Gasteiger partial charge in [0.2, 0.25) is 0 Å².